The van der Waals surface area contributed by atoms with Crippen LogP contribution in [0.1, 0.15) is 5.56 Å². The number of nitrogens with one attached hydrogen (secondary N) is 3. The Morgan fingerprint density at radius 3 is 2.74 bits per heavy atom. The Balaban J connectivity index is 1.40. The number of hydrogen-bond donors (Lipinski definition) is 3. The molecule has 0 atom stereocenters. The Hall–Kier alpha value is -3.87. The highest BCUT2D eigenvalue weighted by molar-refractivity contribution is 5.84. The average molecular weight is 355 g/mol. The van der Waals surface area contributed by atoms with Gasteiger partial charge in [-0.25, -0.2) is 4.98 Å². The van der Waals surface area contributed by atoms with Gasteiger partial charge >= 0.3 is 0 Å². The van der Waals surface area contributed by atoms with Gasteiger partial charge < -0.3 is 9.88 Å². The van der Waals surface area contributed by atoms with Gasteiger partial charge in [0.15, 0.2) is 5.82 Å². The third-order valence-corrected chi connectivity index (χ3v) is 4.61. The first-order chi connectivity index (χ1) is 13.3. The van der Waals surface area contributed by atoms with Gasteiger partial charge in [-0.15, -0.1) is 0 Å². The summed E-state index contributed by atoms with van der Waals surface area (Å²) in [5.41, 5.74) is 6.26. The van der Waals surface area contributed by atoms with E-state index in [-0.39, 0.29) is 0 Å². The van der Waals surface area contributed by atoms with Crippen molar-refractivity contribution in [1.82, 2.24) is 29.9 Å². The maximum atomic E-state index is 4.39. The molecule has 0 radical (unpaired) electrons. The molecule has 0 bridgehead atoms. The smallest absolute Gasteiger partial charge is 0.152 e. The summed E-state index contributed by atoms with van der Waals surface area (Å²) in [7, 11) is 0. The van der Waals surface area contributed by atoms with Crippen LogP contribution in [0.5, 0.6) is 0 Å². The molecular weight excluding hydrogens is 338 g/mol. The van der Waals surface area contributed by atoms with Crippen molar-refractivity contribution in [3.8, 4) is 16.9 Å². The lowest BCUT2D eigenvalue weighted by Crippen LogP contribution is -1.93. The molecule has 0 saturated heterocycles. The van der Waals surface area contributed by atoms with Crippen LogP contribution in [0.2, 0.25) is 0 Å². The second-order valence-corrected chi connectivity index (χ2v) is 6.43. The molecule has 3 N–H and O–H groups in total. The van der Waals surface area contributed by atoms with Crippen molar-refractivity contribution in [3.05, 3.63) is 72.9 Å². The monoisotopic (exact) mass is 355 g/mol. The van der Waals surface area contributed by atoms with E-state index in [0.29, 0.717) is 0 Å². The quantitative estimate of drug-likeness (QED) is 0.451. The summed E-state index contributed by atoms with van der Waals surface area (Å²) in [6, 6.07) is 14.4. The van der Waals surface area contributed by atoms with Crippen LogP contribution in [-0.4, -0.2) is 29.9 Å². The molecule has 0 amide bonds. The van der Waals surface area contributed by atoms with E-state index >= 15 is 0 Å². The zero-order valence-corrected chi connectivity index (χ0v) is 14.6. The van der Waals surface area contributed by atoms with Crippen molar-refractivity contribution in [2.45, 2.75) is 6.92 Å². The molecule has 7 nitrogen and oxygen atoms in total. The first-order valence-corrected chi connectivity index (χ1v) is 8.61. The van der Waals surface area contributed by atoms with Crippen molar-refractivity contribution in [3.63, 3.8) is 0 Å². The molecule has 0 aliphatic carbocycles. The summed E-state index contributed by atoms with van der Waals surface area (Å²) in [5.74, 6) is 0.773. The van der Waals surface area contributed by atoms with Gasteiger partial charge in [0.1, 0.15) is 0 Å². The van der Waals surface area contributed by atoms with Crippen molar-refractivity contribution in [1.29, 1.82) is 0 Å². The molecule has 5 aromatic rings. The Morgan fingerprint density at radius 2 is 1.93 bits per heavy atom. The summed E-state index contributed by atoms with van der Waals surface area (Å²) in [4.78, 5) is 4.08. The van der Waals surface area contributed by atoms with E-state index in [1.807, 2.05) is 23.0 Å². The first-order valence-electron chi connectivity index (χ1n) is 8.61. The Labute approximate surface area is 155 Å². The minimum atomic E-state index is 0.773. The van der Waals surface area contributed by atoms with Gasteiger partial charge in [-0.05, 0) is 42.3 Å². The van der Waals surface area contributed by atoms with Gasteiger partial charge in [0.05, 0.1) is 23.7 Å². The Kier molecular flexibility index (Phi) is 3.50. The van der Waals surface area contributed by atoms with E-state index < -0.39 is 0 Å². The van der Waals surface area contributed by atoms with Crippen LogP contribution in [0.25, 0.3) is 27.8 Å². The van der Waals surface area contributed by atoms with E-state index in [1.54, 1.807) is 12.5 Å². The number of H-pyrrole nitrogens is 2. The van der Waals surface area contributed by atoms with E-state index in [9.17, 15) is 0 Å². The lowest BCUT2D eigenvalue weighted by Gasteiger charge is -2.06. The number of hydrogen-bond acceptors (Lipinski definition) is 4. The van der Waals surface area contributed by atoms with Crippen LogP contribution in [0.15, 0.2) is 67.4 Å². The molecule has 0 fully saturated rings. The number of aromatic nitrogens is 6. The predicted octanol–water partition coefficient (Wildman–Crippen LogP) is 4.19. The highest BCUT2D eigenvalue weighted by atomic mass is 15.2. The third kappa shape index (κ3) is 2.85. The van der Waals surface area contributed by atoms with Gasteiger partial charge in [-0.1, -0.05) is 12.1 Å². The second kappa shape index (κ2) is 6.14. The zero-order chi connectivity index (χ0) is 18.2. The first kappa shape index (κ1) is 15.4. The van der Waals surface area contributed by atoms with Gasteiger partial charge in [-0.2, -0.15) is 10.2 Å². The fraction of sp³-hybridized carbons (Fsp3) is 0.0500. The minimum absolute atomic E-state index is 0.773. The highest BCUT2D eigenvalue weighted by Gasteiger charge is 2.08. The SMILES string of the molecule is Cc1cc2[nH]ncc2cc1Nc1cc(-c2ccc(-n3ccnc3)cc2)[nH]n1. The van der Waals surface area contributed by atoms with E-state index in [0.717, 1.165) is 44.9 Å². The molecule has 3 heterocycles. The fourth-order valence-electron chi connectivity index (χ4n) is 3.13. The summed E-state index contributed by atoms with van der Waals surface area (Å²) in [6.07, 6.45) is 7.29. The summed E-state index contributed by atoms with van der Waals surface area (Å²) in [6.45, 7) is 2.06. The average Bonchev–Trinajstić information content (AvgIpc) is 3.44. The molecular formula is C20H17N7. The number of imidazole rings is 1. The molecule has 0 unspecified atom stereocenters. The highest BCUT2D eigenvalue weighted by Crippen LogP contribution is 2.27. The number of anilines is 2. The zero-order valence-electron chi connectivity index (χ0n) is 14.6. The van der Waals surface area contributed by atoms with Crippen molar-refractivity contribution < 1.29 is 0 Å². The number of aryl methyl sites for hydroxylation is 1. The largest absolute Gasteiger partial charge is 0.339 e. The minimum Gasteiger partial charge on any atom is -0.339 e. The standard InChI is InChI=1S/C20H17N7/c1-13-8-18-15(11-22-24-18)9-17(13)23-20-10-19(25-26-20)14-2-4-16(5-3-14)27-7-6-21-12-27/h2-12H,1H3,(H,22,24)(H2,23,25,26). The molecule has 5 rings (SSSR count). The Bertz CT molecular complexity index is 1200. The van der Waals surface area contributed by atoms with Crippen molar-refractivity contribution in [2.24, 2.45) is 0 Å². The number of fused-ring (bicyclic) bond motifs is 1. The van der Waals surface area contributed by atoms with Gasteiger partial charge in [0.2, 0.25) is 0 Å². The lowest BCUT2D eigenvalue weighted by molar-refractivity contribution is 1.06. The Morgan fingerprint density at radius 1 is 1.04 bits per heavy atom. The van der Waals surface area contributed by atoms with Crippen LogP contribution < -0.4 is 5.32 Å². The van der Waals surface area contributed by atoms with Crippen LogP contribution in [-0.2, 0) is 0 Å². The van der Waals surface area contributed by atoms with Crippen molar-refractivity contribution >= 4 is 22.4 Å². The molecule has 132 valence electrons. The topological polar surface area (TPSA) is 87.2 Å². The predicted molar refractivity (Wildman–Crippen MR) is 105 cm³/mol. The van der Waals surface area contributed by atoms with E-state index in [2.05, 4.69) is 74.0 Å². The van der Waals surface area contributed by atoms with E-state index in [4.69, 9.17) is 0 Å². The molecule has 0 aliphatic heterocycles. The van der Waals surface area contributed by atoms with Gasteiger partial charge in [0.25, 0.3) is 0 Å². The van der Waals surface area contributed by atoms with Crippen LogP contribution in [0.3, 0.4) is 0 Å². The maximum Gasteiger partial charge on any atom is 0.152 e. The molecule has 0 spiro atoms. The van der Waals surface area contributed by atoms with E-state index in [1.165, 1.54) is 0 Å². The normalized spacial score (nSPS) is 11.1. The van der Waals surface area contributed by atoms with Crippen LogP contribution in [0.4, 0.5) is 11.5 Å². The van der Waals surface area contributed by atoms with Gasteiger partial charge in [0, 0.05) is 35.2 Å². The van der Waals surface area contributed by atoms with Crippen molar-refractivity contribution in [2.75, 3.05) is 5.32 Å². The summed E-state index contributed by atoms with van der Waals surface area (Å²) >= 11 is 0. The van der Waals surface area contributed by atoms with Crippen LogP contribution in [0, 0.1) is 6.92 Å². The molecule has 0 saturated carbocycles. The summed E-state index contributed by atoms with van der Waals surface area (Å²) < 4.78 is 1.97. The fourth-order valence-corrected chi connectivity index (χ4v) is 3.13. The lowest BCUT2D eigenvalue weighted by atomic mass is 10.1. The number of benzene rings is 2. The summed E-state index contributed by atoms with van der Waals surface area (Å²) in [5, 5.41) is 19.0. The molecule has 3 aromatic heterocycles. The van der Waals surface area contributed by atoms with Gasteiger partial charge in [-0.3, -0.25) is 10.2 Å². The van der Waals surface area contributed by atoms with Crippen LogP contribution >= 0.6 is 0 Å². The molecule has 27 heavy (non-hydrogen) atoms. The second-order valence-electron chi connectivity index (χ2n) is 6.43. The number of rotatable bonds is 4. The molecule has 7 heteroatoms. The number of aromatic amines is 2. The maximum absolute atomic E-state index is 4.39. The molecule has 2 aromatic carbocycles. The molecule has 0 aliphatic rings. The number of nitrogens with zero attached hydrogens (tertiary/aromatic N) is 4. The third-order valence-electron chi connectivity index (χ3n) is 4.61.